The number of hydrogen-bond donors (Lipinski definition) is 1. The summed E-state index contributed by atoms with van der Waals surface area (Å²) in [6, 6.07) is 21.3. The summed E-state index contributed by atoms with van der Waals surface area (Å²) in [5.41, 5.74) is -0.194. The minimum atomic E-state index is -4.63. The molecule has 0 amide bonds. The van der Waals surface area contributed by atoms with Crippen molar-refractivity contribution < 1.29 is 31.1 Å². The second-order valence-corrected chi connectivity index (χ2v) is 9.40. The molecule has 4 aromatic rings. The number of nitrogens with zero attached hydrogens (tertiary/aromatic N) is 1. The zero-order valence-electron chi connectivity index (χ0n) is 18.4. The van der Waals surface area contributed by atoms with Crippen LogP contribution in [0.2, 0.25) is 0 Å². The normalized spacial score (nSPS) is 11.6. The Morgan fingerprint density at radius 3 is 2.36 bits per heavy atom. The molecule has 1 N–H and O–H groups in total. The van der Waals surface area contributed by atoms with Crippen molar-refractivity contribution in [3.63, 3.8) is 0 Å². The second kappa shape index (κ2) is 9.71. The molecule has 0 saturated heterocycles. The van der Waals surface area contributed by atoms with Gasteiger partial charge in [0.15, 0.2) is 0 Å². The molecule has 6 nitrogen and oxygen atoms in total. The number of halogens is 3. The van der Waals surface area contributed by atoms with Crippen molar-refractivity contribution in [1.29, 1.82) is 5.26 Å². The van der Waals surface area contributed by atoms with Gasteiger partial charge in [0.25, 0.3) is 10.0 Å². The van der Waals surface area contributed by atoms with Crippen molar-refractivity contribution in [2.75, 3.05) is 4.72 Å². The molecule has 0 aliphatic heterocycles. The van der Waals surface area contributed by atoms with E-state index < -0.39 is 27.7 Å². The predicted molar refractivity (Wildman–Crippen MR) is 126 cm³/mol. The lowest BCUT2D eigenvalue weighted by Crippen LogP contribution is -2.15. The van der Waals surface area contributed by atoms with Gasteiger partial charge < -0.3 is 4.74 Å². The van der Waals surface area contributed by atoms with E-state index in [4.69, 9.17) is 4.74 Å². The number of alkyl halides is 3. The highest BCUT2D eigenvalue weighted by Gasteiger charge is 2.30. The number of carbonyl (C=O) groups is 1. The van der Waals surface area contributed by atoms with Crippen LogP contribution in [0.5, 0.6) is 0 Å². The summed E-state index contributed by atoms with van der Waals surface area (Å²) in [7, 11) is -4.29. The molecule has 10 heteroatoms. The van der Waals surface area contributed by atoms with Crippen LogP contribution in [0.25, 0.3) is 10.8 Å². The van der Waals surface area contributed by atoms with Crippen LogP contribution in [0.1, 0.15) is 27.0 Å². The van der Waals surface area contributed by atoms with E-state index in [1.807, 2.05) is 0 Å². The van der Waals surface area contributed by atoms with Gasteiger partial charge in [-0.25, -0.2) is 13.2 Å². The van der Waals surface area contributed by atoms with E-state index in [9.17, 15) is 31.6 Å². The average molecular weight is 510 g/mol. The standard InChI is InChI=1S/C26H17F3N2O4S/c27-26(28,29)20-6-4-7-21(14-20)31-36(33,34)22-8-3-5-17(13-22)25(32)35-16-19-12-11-18(15-30)23-9-1-2-10-24(19)23/h1-14,31H,16H2. The third kappa shape index (κ3) is 5.31. The van der Waals surface area contributed by atoms with Gasteiger partial charge in [0.05, 0.1) is 27.7 Å². The first-order valence-corrected chi connectivity index (χ1v) is 11.9. The molecular weight excluding hydrogens is 493 g/mol. The zero-order valence-corrected chi connectivity index (χ0v) is 19.2. The number of benzene rings is 4. The predicted octanol–water partition coefficient (Wildman–Crippen LogP) is 5.89. The molecule has 0 aliphatic carbocycles. The maximum Gasteiger partial charge on any atom is 0.416 e. The monoisotopic (exact) mass is 510 g/mol. The number of anilines is 1. The highest BCUT2D eigenvalue weighted by atomic mass is 32.2. The summed E-state index contributed by atoms with van der Waals surface area (Å²) >= 11 is 0. The Morgan fingerprint density at radius 2 is 1.64 bits per heavy atom. The molecule has 4 rings (SSSR count). The van der Waals surface area contributed by atoms with E-state index in [1.54, 1.807) is 36.4 Å². The molecule has 0 aromatic heterocycles. The molecule has 0 spiro atoms. The number of ether oxygens (including phenoxy) is 1. The molecule has 0 bridgehead atoms. The van der Waals surface area contributed by atoms with Gasteiger partial charge in [-0.1, -0.05) is 42.5 Å². The van der Waals surface area contributed by atoms with E-state index >= 15 is 0 Å². The largest absolute Gasteiger partial charge is 0.457 e. The lowest BCUT2D eigenvalue weighted by molar-refractivity contribution is -0.137. The number of carbonyl (C=O) groups excluding carboxylic acids is 1. The first-order chi connectivity index (χ1) is 17.1. The summed E-state index contributed by atoms with van der Waals surface area (Å²) in [4.78, 5) is 12.3. The fourth-order valence-electron chi connectivity index (χ4n) is 3.57. The van der Waals surface area contributed by atoms with Crippen molar-refractivity contribution in [2.45, 2.75) is 17.7 Å². The molecule has 182 valence electrons. The Labute approximate surface area is 204 Å². The summed E-state index contributed by atoms with van der Waals surface area (Å²) in [5.74, 6) is -0.792. The highest BCUT2D eigenvalue weighted by molar-refractivity contribution is 7.92. The van der Waals surface area contributed by atoms with Crippen LogP contribution in [0, 0.1) is 11.3 Å². The summed E-state index contributed by atoms with van der Waals surface area (Å²) in [6.07, 6.45) is -4.63. The van der Waals surface area contributed by atoms with Crippen molar-refractivity contribution in [3.8, 4) is 6.07 Å². The van der Waals surface area contributed by atoms with Crippen LogP contribution in [0.3, 0.4) is 0 Å². The van der Waals surface area contributed by atoms with Crippen LogP contribution in [0.4, 0.5) is 18.9 Å². The van der Waals surface area contributed by atoms with Crippen LogP contribution in [-0.2, 0) is 27.5 Å². The quantitative estimate of drug-likeness (QED) is 0.327. The number of nitrogens with one attached hydrogen (secondary N) is 1. The highest BCUT2D eigenvalue weighted by Crippen LogP contribution is 2.31. The number of esters is 1. The Kier molecular flexibility index (Phi) is 6.68. The van der Waals surface area contributed by atoms with Crippen molar-refractivity contribution in [2.24, 2.45) is 0 Å². The molecule has 0 unspecified atom stereocenters. The van der Waals surface area contributed by atoms with E-state index in [0.29, 0.717) is 22.6 Å². The Balaban J connectivity index is 1.52. The van der Waals surface area contributed by atoms with Crippen LogP contribution in [-0.4, -0.2) is 14.4 Å². The molecule has 0 atom stereocenters. The third-order valence-corrected chi connectivity index (χ3v) is 6.69. The summed E-state index contributed by atoms with van der Waals surface area (Å²) in [6.45, 7) is -0.121. The zero-order chi connectivity index (χ0) is 25.9. The molecule has 0 saturated carbocycles. The Bertz CT molecular complexity index is 1610. The molecule has 0 heterocycles. The van der Waals surface area contributed by atoms with Gasteiger partial charge in [0.1, 0.15) is 6.61 Å². The first kappa shape index (κ1) is 24.8. The molecule has 0 aliphatic rings. The van der Waals surface area contributed by atoms with Gasteiger partial charge in [0, 0.05) is 5.69 Å². The van der Waals surface area contributed by atoms with E-state index in [-0.39, 0.29) is 22.8 Å². The number of fused-ring (bicyclic) bond motifs is 1. The molecule has 0 fully saturated rings. The second-order valence-electron chi connectivity index (χ2n) is 7.72. The number of rotatable bonds is 6. The van der Waals surface area contributed by atoms with Crippen LogP contribution < -0.4 is 4.72 Å². The Hall–Kier alpha value is -4.36. The molecule has 4 aromatic carbocycles. The van der Waals surface area contributed by atoms with Crippen molar-refractivity contribution in [3.05, 3.63) is 107 Å². The fraction of sp³-hybridized carbons (Fsp3) is 0.0769. The van der Waals surface area contributed by atoms with Gasteiger partial charge in [-0.15, -0.1) is 0 Å². The Morgan fingerprint density at radius 1 is 0.917 bits per heavy atom. The van der Waals surface area contributed by atoms with Gasteiger partial charge in [-0.05, 0) is 58.8 Å². The van der Waals surface area contributed by atoms with E-state index in [1.165, 1.54) is 24.3 Å². The summed E-state index contributed by atoms with van der Waals surface area (Å²) < 4.78 is 71.8. The van der Waals surface area contributed by atoms with E-state index in [0.717, 1.165) is 23.6 Å². The fourth-order valence-corrected chi connectivity index (χ4v) is 4.67. The van der Waals surface area contributed by atoms with Crippen LogP contribution >= 0.6 is 0 Å². The minimum absolute atomic E-state index is 0.0557. The van der Waals surface area contributed by atoms with Gasteiger partial charge in [-0.3, -0.25) is 4.72 Å². The first-order valence-electron chi connectivity index (χ1n) is 10.5. The average Bonchev–Trinajstić information content (AvgIpc) is 2.86. The molecule has 0 radical (unpaired) electrons. The summed E-state index contributed by atoms with van der Waals surface area (Å²) in [5, 5.41) is 10.7. The maximum atomic E-state index is 12.9. The minimum Gasteiger partial charge on any atom is -0.457 e. The van der Waals surface area contributed by atoms with Crippen molar-refractivity contribution >= 4 is 32.5 Å². The molecule has 36 heavy (non-hydrogen) atoms. The maximum absolute atomic E-state index is 12.9. The van der Waals surface area contributed by atoms with Gasteiger partial charge in [0.2, 0.25) is 0 Å². The topological polar surface area (TPSA) is 96.3 Å². The third-order valence-electron chi connectivity index (χ3n) is 5.32. The van der Waals surface area contributed by atoms with Gasteiger partial charge >= 0.3 is 12.1 Å². The molecular formula is C26H17F3N2O4S. The number of sulfonamides is 1. The number of nitriles is 1. The van der Waals surface area contributed by atoms with Crippen molar-refractivity contribution in [1.82, 2.24) is 0 Å². The smallest absolute Gasteiger partial charge is 0.416 e. The number of hydrogen-bond acceptors (Lipinski definition) is 5. The SMILES string of the molecule is N#Cc1ccc(COC(=O)c2cccc(S(=O)(=O)Nc3cccc(C(F)(F)F)c3)c2)c2ccccc12. The lowest BCUT2D eigenvalue weighted by atomic mass is 10.0. The lowest BCUT2D eigenvalue weighted by Gasteiger charge is -2.12. The van der Waals surface area contributed by atoms with Crippen LogP contribution in [0.15, 0.2) is 89.8 Å². The van der Waals surface area contributed by atoms with E-state index in [2.05, 4.69) is 10.8 Å². The van der Waals surface area contributed by atoms with Gasteiger partial charge in [-0.2, -0.15) is 18.4 Å².